The molecule has 172 valence electrons. The van der Waals surface area contributed by atoms with Gasteiger partial charge in [-0.15, -0.1) is 0 Å². The van der Waals surface area contributed by atoms with Crippen LogP contribution < -0.4 is 0 Å². The predicted octanol–water partition coefficient (Wildman–Crippen LogP) is 4.55. The van der Waals surface area contributed by atoms with Gasteiger partial charge in [-0.3, -0.25) is 9.69 Å². The highest BCUT2D eigenvalue weighted by atomic mass is 19.4. The first-order valence-corrected chi connectivity index (χ1v) is 11.5. The number of piperidine rings is 1. The SMILES string of the molecule is C[C@H](CC(F)(F)F)C(=O)N1CCC(O)(CN2CCC2c2ccccc2)C2(CCCC2)C1. The van der Waals surface area contributed by atoms with Crippen molar-refractivity contribution in [2.75, 3.05) is 26.2 Å². The van der Waals surface area contributed by atoms with Crippen molar-refractivity contribution in [1.29, 1.82) is 0 Å². The number of carbonyl (C=O) groups is 1. The Morgan fingerprint density at radius 3 is 2.42 bits per heavy atom. The van der Waals surface area contributed by atoms with Crippen molar-refractivity contribution in [2.45, 2.75) is 69.7 Å². The summed E-state index contributed by atoms with van der Waals surface area (Å²) in [6.07, 6.45) is -0.320. The minimum absolute atomic E-state index is 0.301. The summed E-state index contributed by atoms with van der Waals surface area (Å²) in [6, 6.07) is 10.6. The maximum absolute atomic E-state index is 12.8. The molecule has 3 aliphatic rings. The van der Waals surface area contributed by atoms with E-state index in [0.29, 0.717) is 32.1 Å². The van der Waals surface area contributed by atoms with Crippen LogP contribution in [0.1, 0.15) is 63.5 Å². The number of likely N-dealkylation sites (tertiary alicyclic amines) is 2. The molecule has 1 amide bonds. The molecule has 3 atom stereocenters. The average molecular weight is 439 g/mol. The molecule has 1 spiro atoms. The minimum Gasteiger partial charge on any atom is -0.388 e. The van der Waals surface area contributed by atoms with Gasteiger partial charge in [0, 0.05) is 43.6 Å². The van der Waals surface area contributed by atoms with Crippen molar-refractivity contribution in [2.24, 2.45) is 11.3 Å². The first-order chi connectivity index (χ1) is 14.6. The quantitative estimate of drug-likeness (QED) is 0.734. The van der Waals surface area contributed by atoms with Gasteiger partial charge >= 0.3 is 6.18 Å². The van der Waals surface area contributed by atoms with Gasteiger partial charge in [0.1, 0.15) is 0 Å². The molecule has 2 heterocycles. The molecule has 7 heteroatoms. The van der Waals surface area contributed by atoms with Crippen molar-refractivity contribution in [3.05, 3.63) is 35.9 Å². The Morgan fingerprint density at radius 2 is 1.84 bits per heavy atom. The number of β-amino-alcohol motifs (C(OH)–C–C–N with tert-alkyl or cyclic N) is 1. The van der Waals surface area contributed by atoms with Gasteiger partial charge in [-0.05, 0) is 31.2 Å². The lowest BCUT2D eigenvalue weighted by Crippen LogP contribution is -2.65. The highest BCUT2D eigenvalue weighted by Gasteiger charge is 2.57. The van der Waals surface area contributed by atoms with Crippen LogP contribution in [0, 0.1) is 11.3 Å². The fourth-order valence-corrected chi connectivity index (χ4v) is 6.05. The Labute approximate surface area is 182 Å². The molecular weight excluding hydrogens is 405 g/mol. The molecule has 1 aliphatic carbocycles. The molecule has 2 saturated heterocycles. The van der Waals surface area contributed by atoms with Crippen molar-refractivity contribution in [3.63, 3.8) is 0 Å². The number of benzene rings is 1. The third kappa shape index (κ3) is 4.49. The van der Waals surface area contributed by atoms with Crippen LogP contribution in [0.25, 0.3) is 0 Å². The van der Waals surface area contributed by atoms with Crippen LogP contribution in [0.3, 0.4) is 0 Å². The number of hydrogen-bond donors (Lipinski definition) is 1. The van der Waals surface area contributed by atoms with E-state index in [1.165, 1.54) is 12.5 Å². The standard InChI is InChI=1S/C24H33F3N2O2/c1-18(15-24(25,26)27)21(30)29-14-12-23(31,22(16-29)10-5-6-11-22)17-28-13-9-20(28)19-7-3-2-4-8-19/h2-4,7-8,18,20,31H,5-6,9-17H2,1H3/t18-,20?,23?/m1/s1. The lowest BCUT2D eigenvalue weighted by atomic mass is 9.65. The number of nitrogens with zero attached hydrogens (tertiary/aromatic N) is 2. The second kappa shape index (κ2) is 8.39. The van der Waals surface area contributed by atoms with Gasteiger partial charge in [0.15, 0.2) is 0 Å². The second-order valence-electron chi connectivity index (χ2n) is 9.93. The second-order valence-corrected chi connectivity index (χ2v) is 9.93. The number of hydrogen-bond acceptors (Lipinski definition) is 3. The smallest absolute Gasteiger partial charge is 0.388 e. The molecule has 4 rings (SSSR count). The highest BCUT2D eigenvalue weighted by Crippen LogP contribution is 2.52. The first kappa shape index (κ1) is 22.6. The number of amides is 1. The van der Waals surface area contributed by atoms with E-state index >= 15 is 0 Å². The molecule has 2 aliphatic heterocycles. The van der Waals surface area contributed by atoms with Gasteiger partial charge in [0.2, 0.25) is 5.91 Å². The minimum atomic E-state index is -4.35. The molecule has 1 aromatic rings. The molecule has 1 saturated carbocycles. The zero-order valence-electron chi connectivity index (χ0n) is 18.2. The van der Waals surface area contributed by atoms with Crippen LogP contribution in [0.15, 0.2) is 30.3 Å². The molecule has 0 aromatic heterocycles. The summed E-state index contributed by atoms with van der Waals surface area (Å²) in [5.41, 5.74) is -0.0807. The van der Waals surface area contributed by atoms with Crippen LogP contribution >= 0.6 is 0 Å². The van der Waals surface area contributed by atoms with Crippen molar-refractivity contribution >= 4 is 5.91 Å². The summed E-state index contributed by atoms with van der Waals surface area (Å²) in [5, 5.41) is 11.9. The predicted molar refractivity (Wildman–Crippen MR) is 112 cm³/mol. The summed E-state index contributed by atoms with van der Waals surface area (Å²) >= 11 is 0. The van der Waals surface area contributed by atoms with Gasteiger partial charge in [0.25, 0.3) is 0 Å². The van der Waals surface area contributed by atoms with Gasteiger partial charge in [-0.25, -0.2) is 0 Å². The number of aliphatic hydroxyl groups is 1. The van der Waals surface area contributed by atoms with Gasteiger partial charge in [0.05, 0.1) is 12.0 Å². The zero-order valence-corrected chi connectivity index (χ0v) is 18.2. The van der Waals surface area contributed by atoms with E-state index in [0.717, 1.165) is 38.6 Å². The first-order valence-electron chi connectivity index (χ1n) is 11.5. The Bertz CT molecular complexity index is 779. The Hall–Kier alpha value is -1.60. The normalized spacial score (nSPS) is 29.7. The third-order valence-corrected chi connectivity index (χ3v) is 7.89. The maximum atomic E-state index is 12.8. The molecule has 1 N–H and O–H groups in total. The Kier molecular flexibility index (Phi) is 6.12. The van der Waals surface area contributed by atoms with Crippen LogP contribution in [-0.4, -0.2) is 58.8 Å². The lowest BCUT2D eigenvalue weighted by molar-refractivity contribution is -0.177. The van der Waals surface area contributed by atoms with Crippen molar-refractivity contribution in [3.8, 4) is 0 Å². The highest BCUT2D eigenvalue weighted by molar-refractivity contribution is 5.78. The molecule has 1 aromatic carbocycles. The average Bonchev–Trinajstić information content (AvgIpc) is 3.17. The topological polar surface area (TPSA) is 43.8 Å². The summed E-state index contributed by atoms with van der Waals surface area (Å²) in [5.74, 6) is -1.51. The molecule has 0 bridgehead atoms. The van der Waals surface area contributed by atoms with E-state index in [1.54, 1.807) is 4.90 Å². The Balaban J connectivity index is 1.47. The number of rotatable bonds is 5. The molecule has 0 radical (unpaired) electrons. The fourth-order valence-electron chi connectivity index (χ4n) is 6.05. The van der Waals surface area contributed by atoms with E-state index < -0.39 is 35.4 Å². The van der Waals surface area contributed by atoms with Crippen LogP contribution in [-0.2, 0) is 4.79 Å². The number of carbonyl (C=O) groups excluding carboxylic acids is 1. The van der Waals surface area contributed by atoms with E-state index in [4.69, 9.17) is 0 Å². The summed E-state index contributed by atoms with van der Waals surface area (Å²) in [7, 11) is 0. The third-order valence-electron chi connectivity index (χ3n) is 7.89. The zero-order chi connectivity index (χ0) is 22.3. The molecule has 31 heavy (non-hydrogen) atoms. The van der Waals surface area contributed by atoms with E-state index in [2.05, 4.69) is 17.0 Å². The van der Waals surface area contributed by atoms with E-state index in [-0.39, 0.29) is 0 Å². The molecule has 4 nitrogen and oxygen atoms in total. The van der Waals surface area contributed by atoms with Gasteiger partial charge in [-0.2, -0.15) is 13.2 Å². The summed E-state index contributed by atoms with van der Waals surface area (Å²) < 4.78 is 38.4. The largest absolute Gasteiger partial charge is 0.389 e. The van der Waals surface area contributed by atoms with Crippen molar-refractivity contribution in [1.82, 2.24) is 9.80 Å². The lowest BCUT2D eigenvalue weighted by Gasteiger charge is -2.56. The molecule has 3 fully saturated rings. The molecular formula is C24H33F3N2O2. The van der Waals surface area contributed by atoms with E-state index in [1.807, 2.05) is 18.2 Å². The monoisotopic (exact) mass is 438 g/mol. The van der Waals surface area contributed by atoms with Gasteiger partial charge < -0.3 is 10.0 Å². The molecule has 2 unspecified atom stereocenters. The number of alkyl halides is 3. The summed E-state index contributed by atoms with van der Waals surface area (Å²) in [4.78, 5) is 16.7. The van der Waals surface area contributed by atoms with Gasteiger partial charge in [-0.1, -0.05) is 50.1 Å². The Morgan fingerprint density at radius 1 is 1.16 bits per heavy atom. The van der Waals surface area contributed by atoms with Crippen LogP contribution in [0.2, 0.25) is 0 Å². The van der Waals surface area contributed by atoms with E-state index in [9.17, 15) is 23.1 Å². The maximum Gasteiger partial charge on any atom is 0.389 e. The van der Waals surface area contributed by atoms with Crippen LogP contribution in [0.4, 0.5) is 13.2 Å². The van der Waals surface area contributed by atoms with Crippen molar-refractivity contribution < 1.29 is 23.1 Å². The van der Waals surface area contributed by atoms with Crippen LogP contribution in [0.5, 0.6) is 0 Å². The summed E-state index contributed by atoms with van der Waals surface area (Å²) in [6.45, 7) is 3.55. The number of halogens is 3. The fraction of sp³-hybridized carbons (Fsp3) is 0.708.